The first-order valence-corrected chi connectivity index (χ1v) is 8.51. The SMILES string of the molecule is COC(=O)c1cc(C(=O)Nc2ccc(-n3nccc3C(F)(F)F)cc2)cc([N+](=O)[O-])c1. The molecule has 3 aromatic rings. The van der Waals surface area contributed by atoms with Gasteiger partial charge in [0.05, 0.1) is 29.5 Å². The normalized spacial score (nSPS) is 11.1. The number of methoxy groups -OCH3 is 1. The molecule has 3 rings (SSSR count). The molecule has 0 saturated heterocycles. The van der Waals surface area contributed by atoms with Crippen LogP contribution in [-0.4, -0.2) is 33.7 Å². The molecule has 0 atom stereocenters. The van der Waals surface area contributed by atoms with Gasteiger partial charge in [-0.25, -0.2) is 9.48 Å². The molecule has 0 aliphatic carbocycles. The number of esters is 1. The Hall–Kier alpha value is -4.22. The Kier molecular flexibility index (Phi) is 5.72. The zero-order valence-corrected chi connectivity index (χ0v) is 15.7. The second kappa shape index (κ2) is 8.26. The number of ether oxygens (including phenoxy) is 1. The number of non-ortho nitro benzene ring substituents is 1. The van der Waals surface area contributed by atoms with Gasteiger partial charge in [0.2, 0.25) is 0 Å². The quantitative estimate of drug-likeness (QED) is 0.371. The number of alkyl halides is 3. The summed E-state index contributed by atoms with van der Waals surface area (Å²) in [6, 6.07) is 9.21. The molecule has 1 heterocycles. The van der Waals surface area contributed by atoms with Crippen LogP contribution in [0.4, 0.5) is 24.5 Å². The van der Waals surface area contributed by atoms with Gasteiger partial charge in [-0.1, -0.05) is 0 Å². The molecule has 0 aliphatic heterocycles. The van der Waals surface area contributed by atoms with Crippen molar-refractivity contribution in [2.45, 2.75) is 6.18 Å². The molecule has 2 aromatic carbocycles. The lowest BCUT2D eigenvalue weighted by Gasteiger charge is -2.11. The molecule has 0 aliphatic rings. The van der Waals surface area contributed by atoms with Gasteiger partial charge in [-0.3, -0.25) is 14.9 Å². The summed E-state index contributed by atoms with van der Waals surface area (Å²) in [5, 5.41) is 17.2. The van der Waals surface area contributed by atoms with Crippen LogP contribution in [-0.2, 0) is 10.9 Å². The van der Waals surface area contributed by atoms with Gasteiger partial charge in [-0.2, -0.15) is 18.3 Å². The fourth-order valence-electron chi connectivity index (χ4n) is 2.70. The smallest absolute Gasteiger partial charge is 0.433 e. The Labute approximate surface area is 172 Å². The Morgan fingerprint density at radius 2 is 1.74 bits per heavy atom. The van der Waals surface area contributed by atoms with Crippen LogP contribution in [0.3, 0.4) is 0 Å². The molecule has 0 radical (unpaired) electrons. The van der Waals surface area contributed by atoms with Crippen molar-refractivity contribution in [3.63, 3.8) is 0 Å². The van der Waals surface area contributed by atoms with E-state index >= 15 is 0 Å². The number of halogens is 3. The van der Waals surface area contributed by atoms with Crippen molar-refractivity contribution in [3.05, 3.63) is 81.7 Å². The summed E-state index contributed by atoms with van der Waals surface area (Å²) < 4.78 is 44.3. The Morgan fingerprint density at radius 3 is 2.32 bits per heavy atom. The molecule has 31 heavy (non-hydrogen) atoms. The summed E-state index contributed by atoms with van der Waals surface area (Å²) in [4.78, 5) is 34.5. The highest BCUT2D eigenvalue weighted by Crippen LogP contribution is 2.30. The third-order valence-corrected chi connectivity index (χ3v) is 4.11. The van der Waals surface area contributed by atoms with Crippen LogP contribution in [0.2, 0.25) is 0 Å². The van der Waals surface area contributed by atoms with E-state index in [1.165, 1.54) is 24.3 Å². The maximum absolute atomic E-state index is 13.0. The van der Waals surface area contributed by atoms with Crippen molar-refractivity contribution < 1.29 is 32.4 Å². The lowest BCUT2D eigenvalue weighted by molar-refractivity contribution is -0.384. The van der Waals surface area contributed by atoms with Gasteiger partial charge in [0.1, 0.15) is 5.69 Å². The number of nitrogens with one attached hydrogen (secondary N) is 1. The third-order valence-electron chi connectivity index (χ3n) is 4.11. The van der Waals surface area contributed by atoms with Gasteiger partial charge < -0.3 is 10.1 Å². The molecule has 1 N–H and O–H groups in total. The molecule has 9 nitrogen and oxygen atoms in total. The molecule has 0 unspecified atom stereocenters. The number of benzene rings is 2. The minimum atomic E-state index is -4.59. The number of anilines is 1. The first kappa shape index (κ1) is 21.5. The standard InChI is InChI=1S/C19H13F3N4O5/c1-31-18(28)12-8-11(9-15(10-12)26(29)30)17(27)24-13-2-4-14(5-3-13)25-16(6-7-23-25)19(20,21)22/h2-10H,1H3,(H,24,27). The number of aromatic nitrogens is 2. The molecule has 0 saturated carbocycles. The van der Waals surface area contributed by atoms with E-state index in [0.29, 0.717) is 4.68 Å². The predicted octanol–water partition coefficient (Wildman–Crippen LogP) is 3.84. The lowest BCUT2D eigenvalue weighted by atomic mass is 10.1. The molecular weight excluding hydrogens is 421 g/mol. The average molecular weight is 434 g/mol. The van der Waals surface area contributed by atoms with Gasteiger partial charge in [-0.15, -0.1) is 0 Å². The average Bonchev–Trinajstić information content (AvgIpc) is 3.24. The van der Waals surface area contributed by atoms with Crippen molar-refractivity contribution in [3.8, 4) is 5.69 Å². The zero-order chi connectivity index (χ0) is 22.8. The van der Waals surface area contributed by atoms with E-state index in [1.807, 2.05) is 0 Å². The maximum atomic E-state index is 13.0. The van der Waals surface area contributed by atoms with Gasteiger partial charge >= 0.3 is 12.1 Å². The molecule has 0 spiro atoms. The highest BCUT2D eigenvalue weighted by Gasteiger charge is 2.35. The summed E-state index contributed by atoms with van der Waals surface area (Å²) in [7, 11) is 1.09. The first-order valence-electron chi connectivity index (χ1n) is 8.51. The molecule has 12 heteroatoms. The van der Waals surface area contributed by atoms with Crippen molar-refractivity contribution in [1.29, 1.82) is 0 Å². The summed E-state index contributed by atoms with van der Waals surface area (Å²) in [6.45, 7) is 0. The van der Waals surface area contributed by atoms with Crippen LogP contribution < -0.4 is 5.32 Å². The number of nitrogens with zero attached hydrogens (tertiary/aromatic N) is 3. The topological polar surface area (TPSA) is 116 Å². The number of hydrogen-bond donors (Lipinski definition) is 1. The Morgan fingerprint density at radius 1 is 1.10 bits per heavy atom. The van der Waals surface area contributed by atoms with Gasteiger partial charge in [0.15, 0.2) is 0 Å². The van der Waals surface area contributed by atoms with Crippen molar-refractivity contribution in [2.75, 3.05) is 12.4 Å². The molecule has 160 valence electrons. The monoisotopic (exact) mass is 434 g/mol. The van der Waals surface area contributed by atoms with Crippen LogP contribution in [0.25, 0.3) is 5.69 Å². The summed E-state index contributed by atoms with van der Waals surface area (Å²) >= 11 is 0. The fourth-order valence-corrected chi connectivity index (χ4v) is 2.70. The number of rotatable bonds is 5. The van der Waals surface area contributed by atoms with E-state index in [4.69, 9.17) is 0 Å². The molecular formula is C19H13F3N4O5. The highest BCUT2D eigenvalue weighted by molar-refractivity contribution is 6.06. The number of nitro benzene ring substituents is 1. The maximum Gasteiger partial charge on any atom is 0.433 e. The van der Waals surface area contributed by atoms with Crippen molar-refractivity contribution in [2.24, 2.45) is 0 Å². The van der Waals surface area contributed by atoms with E-state index in [2.05, 4.69) is 15.2 Å². The summed E-state index contributed by atoms with van der Waals surface area (Å²) in [5.41, 5.74) is -1.49. The third kappa shape index (κ3) is 4.69. The number of amides is 1. The van der Waals surface area contributed by atoms with Crippen LogP contribution in [0, 0.1) is 10.1 Å². The van der Waals surface area contributed by atoms with Crippen molar-refractivity contribution in [1.82, 2.24) is 9.78 Å². The fraction of sp³-hybridized carbons (Fsp3) is 0.105. The van der Waals surface area contributed by atoms with Crippen LogP contribution in [0.5, 0.6) is 0 Å². The molecule has 0 fully saturated rings. The minimum absolute atomic E-state index is 0.110. The van der Waals surface area contributed by atoms with Crippen LogP contribution in [0.1, 0.15) is 26.4 Å². The van der Waals surface area contributed by atoms with E-state index in [0.717, 1.165) is 37.6 Å². The van der Waals surface area contributed by atoms with Gasteiger partial charge in [0.25, 0.3) is 11.6 Å². The van der Waals surface area contributed by atoms with Gasteiger partial charge in [0, 0.05) is 23.4 Å². The number of nitro groups is 1. The van der Waals surface area contributed by atoms with Crippen molar-refractivity contribution >= 4 is 23.3 Å². The molecule has 0 bridgehead atoms. The van der Waals surface area contributed by atoms with E-state index in [9.17, 15) is 32.9 Å². The minimum Gasteiger partial charge on any atom is -0.465 e. The molecule has 1 amide bonds. The predicted molar refractivity (Wildman–Crippen MR) is 101 cm³/mol. The number of carbonyl (C=O) groups excluding carboxylic acids is 2. The first-order chi connectivity index (χ1) is 14.6. The summed E-state index contributed by atoms with van der Waals surface area (Å²) in [6.07, 6.45) is -3.58. The van der Waals surface area contributed by atoms with E-state index < -0.39 is 34.4 Å². The molecule has 1 aromatic heterocycles. The van der Waals surface area contributed by atoms with Crippen LogP contribution >= 0.6 is 0 Å². The highest BCUT2D eigenvalue weighted by atomic mass is 19.4. The Balaban J connectivity index is 1.85. The second-order valence-corrected chi connectivity index (χ2v) is 6.14. The zero-order valence-electron chi connectivity index (χ0n) is 15.7. The lowest BCUT2D eigenvalue weighted by Crippen LogP contribution is -2.15. The summed E-state index contributed by atoms with van der Waals surface area (Å²) in [5.74, 6) is -1.63. The van der Waals surface area contributed by atoms with Gasteiger partial charge in [-0.05, 0) is 36.4 Å². The van der Waals surface area contributed by atoms with E-state index in [-0.39, 0.29) is 22.5 Å². The van der Waals surface area contributed by atoms with E-state index in [1.54, 1.807) is 0 Å². The largest absolute Gasteiger partial charge is 0.465 e. The number of hydrogen-bond acceptors (Lipinski definition) is 6. The number of carbonyl (C=O) groups is 2. The van der Waals surface area contributed by atoms with Crippen LogP contribution in [0.15, 0.2) is 54.7 Å². The second-order valence-electron chi connectivity index (χ2n) is 6.14. The Bertz CT molecular complexity index is 1160.